The molecule has 0 atom stereocenters. The van der Waals surface area contributed by atoms with Crippen molar-refractivity contribution >= 4 is 46.3 Å². The Morgan fingerprint density at radius 3 is 2.38 bits per heavy atom. The molecule has 24 heavy (non-hydrogen) atoms. The van der Waals surface area contributed by atoms with Crippen LogP contribution in [0, 0.1) is 0 Å². The number of rotatable bonds is 5. The molecular formula is C18H16Cl2N4. The first-order valence-electron chi connectivity index (χ1n) is 7.54. The van der Waals surface area contributed by atoms with Crippen LogP contribution in [-0.2, 0) is 0 Å². The average molecular weight is 359 g/mol. The Morgan fingerprint density at radius 1 is 1.00 bits per heavy atom. The van der Waals surface area contributed by atoms with Gasteiger partial charge in [0.1, 0.15) is 5.82 Å². The minimum absolute atomic E-state index is 0.486. The van der Waals surface area contributed by atoms with Gasteiger partial charge in [-0.2, -0.15) is 4.98 Å². The fourth-order valence-electron chi connectivity index (χ4n) is 2.40. The molecule has 1 aromatic heterocycles. The summed E-state index contributed by atoms with van der Waals surface area (Å²) in [6.07, 6.45) is 1.72. The number of hydrogen-bond donors (Lipinski definition) is 1. The van der Waals surface area contributed by atoms with Crippen LogP contribution in [0.3, 0.4) is 0 Å². The summed E-state index contributed by atoms with van der Waals surface area (Å²) in [6, 6.07) is 17.2. The van der Waals surface area contributed by atoms with Crippen molar-refractivity contribution in [2.75, 3.05) is 16.8 Å². The molecule has 0 amide bonds. The molecule has 122 valence electrons. The van der Waals surface area contributed by atoms with Crippen molar-refractivity contribution in [1.82, 2.24) is 9.97 Å². The first-order chi connectivity index (χ1) is 11.7. The van der Waals surface area contributed by atoms with Crippen LogP contribution in [0.4, 0.5) is 23.1 Å². The maximum atomic E-state index is 6.03. The summed E-state index contributed by atoms with van der Waals surface area (Å²) in [4.78, 5) is 11.0. The number of nitrogens with zero attached hydrogens (tertiary/aromatic N) is 3. The average Bonchev–Trinajstić information content (AvgIpc) is 2.56. The number of halogens is 2. The molecule has 3 rings (SSSR count). The maximum Gasteiger partial charge on any atom is 0.229 e. The fourth-order valence-corrected chi connectivity index (χ4v) is 2.93. The minimum atomic E-state index is 0.486. The van der Waals surface area contributed by atoms with Crippen LogP contribution in [0.2, 0.25) is 10.0 Å². The summed E-state index contributed by atoms with van der Waals surface area (Å²) in [6.45, 7) is 2.88. The van der Waals surface area contributed by atoms with Crippen molar-refractivity contribution in [2.24, 2.45) is 0 Å². The smallest absolute Gasteiger partial charge is 0.229 e. The quantitative estimate of drug-likeness (QED) is 0.636. The zero-order valence-corrected chi connectivity index (χ0v) is 14.6. The second kappa shape index (κ2) is 7.51. The lowest BCUT2D eigenvalue weighted by molar-refractivity contribution is 0.979. The summed E-state index contributed by atoms with van der Waals surface area (Å²) in [5.41, 5.74) is 1.82. The van der Waals surface area contributed by atoms with E-state index in [-0.39, 0.29) is 0 Å². The Bertz CT molecular complexity index is 804. The molecule has 2 aromatic carbocycles. The van der Waals surface area contributed by atoms with E-state index in [1.54, 1.807) is 24.4 Å². The summed E-state index contributed by atoms with van der Waals surface area (Å²) in [5.74, 6) is 1.30. The fraction of sp³-hybridized carbons (Fsp3) is 0.111. The van der Waals surface area contributed by atoms with Crippen LogP contribution in [0.15, 0.2) is 60.8 Å². The molecule has 4 nitrogen and oxygen atoms in total. The van der Waals surface area contributed by atoms with E-state index in [4.69, 9.17) is 23.2 Å². The highest BCUT2D eigenvalue weighted by atomic mass is 35.5. The van der Waals surface area contributed by atoms with Gasteiger partial charge in [-0.05, 0) is 43.3 Å². The third-order valence-electron chi connectivity index (χ3n) is 3.42. The molecule has 1 N–H and O–H groups in total. The van der Waals surface area contributed by atoms with Gasteiger partial charge in [0.2, 0.25) is 5.95 Å². The van der Waals surface area contributed by atoms with Crippen LogP contribution in [0.5, 0.6) is 0 Å². The van der Waals surface area contributed by atoms with Crippen LogP contribution < -0.4 is 10.2 Å². The molecule has 0 spiro atoms. The van der Waals surface area contributed by atoms with E-state index in [2.05, 4.69) is 39.2 Å². The topological polar surface area (TPSA) is 41.1 Å². The molecule has 0 aliphatic heterocycles. The Hall–Kier alpha value is -2.30. The molecule has 0 radical (unpaired) electrons. The Labute approximate surface area is 151 Å². The SMILES string of the molecule is CCN(c1ccccc1)c1ccnc(Nc2cc(Cl)cc(Cl)c2)n1. The van der Waals surface area contributed by atoms with Crippen molar-refractivity contribution in [3.8, 4) is 0 Å². The lowest BCUT2D eigenvalue weighted by Gasteiger charge is -2.22. The van der Waals surface area contributed by atoms with E-state index < -0.39 is 0 Å². The lowest BCUT2D eigenvalue weighted by atomic mass is 10.3. The second-order valence-electron chi connectivity index (χ2n) is 5.10. The van der Waals surface area contributed by atoms with Gasteiger partial charge in [0.25, 0.3) is 0 Å². The van der Waals surface area contributed by atoms with E-state index in [9.17, 15) is 0 Å². The second-order valence-corrected chi connectivity index (χ2v) is 5.97. The van der Waals surface area contributed by atoms with Crippen LogP contribution in [-0.4, -0.2) is 16.5 Å². The van der Waals surface area contributed by atoms with Crippen LogP contribution in [0.25, 0.3) is 0 Å². The number of anilines is 4. The molecule has 0 saturated carbocycles. The number of nitrogens with one attached hydrogen (secondary N) is 1. The van der Waals surface area contributed by atoms with Gasteiger partial charge in [0.15, 0.2) is 0 Å². The first kappa shape index (κ1) is 16.6. The Kier molecular flexibility index (Phi) is 5.18. The van der Waals surface area contributed by atoms with E-state index >= 15 is 0 Å². The molecule has 0 bridgehead atoms. The predicted molar refractivity (Wildman–Crippen MR) is 101 cm³/mol. The molecule has 0 unspecified atom stereocenters. The van der Waals surface area contributed by atoms with Crippen molar-refractivity contribution in [1.29, 1.82) is 0 Å². The lowest BCUT2D eigenvalue weighted by Crippen LogP contribution is -2.17. The summed E-state index contributed by atoms with van der Waals surface area (Å²) < 4.78 is 0. The normalized spacial score (nSPS) is 10.5. The van der Waals surface area contributed by atoms with E-state index in [0.29, 0.717) is 16.0 Å². The molecule has 0 aliphatic rings. The number of benzene rings is 2. The largest absolute Gasteiger partial charge is 0.327 e. The highest BCUT2D eigenvalue weighted by Crippen LogP contribution is 2.26. The third-order valence-corrected chi connectivity index (χ3v) is 3.86. The highest BCUT2D eigenvalue weighted by molar-refractivity contribution is 6.35. The van der Waals surface area contributed by atoms with E-state index in [1.807, 2.05) is 24.3 Å². The Balaban J connectivity index is 1.88. The van der Waals surface area contributed by atoms with Gasteiger partial charge in [-0.1, -0.05) is 41.4 Å². The van der Waals surface area contributed by atoms with Gasteiger partial charge in [0, 0.05) is 34.2 Å². The molecule has 0 fully saturated rings. The number of aromatic nitrogens is 2. The molecule has 1 heterocycles. The van der Waals surface area contributed by atoms with Crippen LogP contribution >= 0.6 is 23.2 Å². The minimum Gasteiger partial charge on any atom is -0.327 e. The van der Waals surface area contributed by atoms with E-state index in [0.717, 1.165) is 23.7 Å². The van der Waals surface area contributed by atoms with Crippen molar-refractivity contribution in [3.63, 3.8) is 0 Å². The first-order valence-corrected chi connectivity index (χ1v) is 8.30. The Morgan fingerprint density at radius 2 is 1.71 bits per heavy atom. The van der Waals surface area contributed by atoms with Gasteiger partial charge in [-0.25, -0.2) is 4.98 Å². The van der Waals surface area contributed by atoms with Crippen LogP contribution in [0.1, 0.15) is 6.92 Å². The number of hydrogen-bond acceptors (Lipinski definition) is 4. The molecule has 0 aliphatic carbocycles. The maximum absolute atomic E-state index is 6.03. The summed E-state index contributed by atoms with van der Waals surface area (Å²) in [5, 5.41) is 4.25. The molecular weight excluding hydrogens is 343 g/mol. The molecule has 0 saturated heterocycles. The summed E-state index contributed by atoms with van der Waals surface area (Å²) >= 11 is 12.1. The number of para-hydroxylation sites is 1. The highest BCUT2D eigenvalue weighted by Gasteiger charge is 2.10. The molecule has 3 aromatic rings. The van der Waals surface area contributed by atoms with Gasteiger partial charge in [0.05, 0.1) is 0 Å². The molecule has 6 heteroatoms. The zero-order chi connectivity index (χ0) is 16.9. The van der Waals surface area contributed by atoms with Crippen molar-refractivity contribution < 1.29 is 0 Å². The zero-order valence-electron chi connectivity index (χ0n) is 13.1. The van der Waals surface area contributed by atoms with E-state index in [1.165, 1.54) is 0 Å². The third kappa shape index (κ3) is 3.96. The predicted octanol–water partition coefficient (Wildman–Crippen LogP) is 5.69. The van der Waals surface area contributed by atoms with Crippen molar-refractivity contribution in [2.45, 2.75) is 6.92 Å². The van der Waals surface area contributed by atoms with Gasteiger partial charge in [-0.3, -0.25) is 0 Å². The van der Waals surface area contributed by atoms with Gasteiger partial charge in [-0.15, -0.1) is 0 Å². The monoisotopic (exact) mass is 358 g/mol. The van der Waals surface area contributed by atoms with Gasteiger partial charge < -0.3 is 10.2 Å². The van der Waals surface area contributed by atoms with Crippen molar-refractivity contribution in [3.05, 3.63) is 70.8 Å². The standard InChI is InChI=1S/C18H16Cl2N4/c1-2-24(16-6-4-3-5-7-16)17-8-9-21-18(23-17)22-15-11-13(19)10-14(20)12-15/h3-12H,2H2,1H3,(H,21,22,23). The summed E-state index contributed by atoms with van der Waals surface area (Å²) in [7, 11) is 0. The van der Waals surface area contributed by atoms with Gasteiger partial charge >= 0.3 is 0 Å².